The topological polar surface area (TPSA) is 130 Å². The predicted molar refractivity (Wildman–Crippen MR) is 91.0 cm³/mol. The molecule has 2 rings (SSSR count). The monoisotopic (exact) mass is 363 g/mol. The van der Waals surface area contributed by atoms with Gasteiger partial charge in [-0.05, 0) is 17.1 Å². The fraction of sp³-hybridized carbons (Fsp3) is 0.267. The van der Waals surface area contributed by atoms with E-state index in [2.05, 4.69) is 15.5 Å². The van der Waals surface area contributed by atoms with E-state index in [1.807, 2.05) is 0 Å². The molecular weight excluding hydrogens is 346 g/mol. The molecule has 0 fully saturated rings. The number of hydrazone groups is 1. The number of aromatic nitrogens is 2. The number of ether oxygens (including phenoxy) is 3. The Morgan fingerprint density at radius 1 is 1.27 bits per heavy atom. The van der Waals surface area contributed by atoms with Crippen LogP contribution in [0.4, 0.5) is 5.95 Å². The van der Waals surface area contributed by atoms with Gasteiger partial charge in [-0.3, -0.25) is 4.79 Å². The number of nitrogens with zero attached hydrogens (tertiary/aromatic N) is 4. The van der Waals surface area contributed by atoms with Gasteiger partial charge in [-0.15, -0.1) is 0 Å². The van der Waals surface area contributed by atoms with Crippen LogP contribution < -0.4 is 19.6 Å². The quantitative estimate of drug-likeness (QED) is 0.443. The van der Waals surface area contributed by atoms with Gasteiger partial charge in [0.1, 0.15) is 6.20 Å². The van der Waals surface area contributed by atoms with Crippen LogP contribution in [-0.2, 0) is 7.05 Å². The Labute approximate surface area is 148 Å². The van der Waals surface area contributed by atoms with E-state index >= 15 is 0 Å². The fourth-order valence-corrected chi connectivity index (χ4v) is 2.14. The third-order valence-corrected chi connectivity index (χ3v) is 3.45. The number of benzene rings is 1. The van der Waals surface area contributed by atoms with Gasteiger partial charge in [-0.2, -0.15) is 5.10 Å². The van der Waals surface area contributed by atoms with E-state index in [1.165, 1.54) is 57.5 Å². The lowest BCUT2D eigenvalue weighted by molar-refractivity contribution is -0.396. The van der Waals surface area contributed by atoms with Crippen LogP contribution in [0.1, 0.15) is 16.1 Å². The third kappa shape index (κ3) is 3.71. The van der Waals surface area contributed by atoms with E-state index in [1.54, 1.807) is 0 Å². The minimum atomic E-state index is -0.619. The van der Waals surface area contributed by atoms with Crippen molar-refractivity contribution in [1.29, 1.82) is 0 Å². The van der Waals surface area contributed by atoms with Crippen molar-refractivity contribution >= 4 is 18.1 Å². The van der Waals surface area contributed by atoms with Crippen molar-refractivity contribution in [2.24, 2.45) is 12.1 Å². The summed E-state index contributed by atoms with van der Waals surface area (Å²) in [7, 11) is 5.80. The molecule has 26 heavy (non-hydrogen) atoms. The Kier molecular flexibility index (Phi) is 5.73. The molecule has 0 saturated carbocycles. The highest BCUT2D eigenvalue weighted by molar-refractivity contribution is 5.96. The molecule has 0 radical (unpaired) electrons. The molecule has 11 nitrogen and oxygen atoms in total. The summed E-state index contributed by atoms with van der Waals surface area (Å²) < 4.78 is 16.8. The molecule has 0 aliphatic heterocycles. The van der Waals surface area contributed by atoms with E-state index < -0.39 is 10.8 Å². The van der Waals surface area contributed by atoms with Gasteiger partial charge in [-0.25, -0.2) is 9.99 Å². The number of amides is 1. The summed E-state index contributed by atoms with van der Waals surface area (Å²) in [6.45, 7) is 0. The molecule has 2 aromatic rings. The van der Waals surface area contributed by atoms with Gasteiger partial charge in [0.25, 0.3) is 5.91 Å². The molecule has 1 heterocycles. The molecule has 0 spiro atoms. The van der Waals surface area contributed by atoms with Crippen LogP contribution in [0.15, 0.2) is 23.4 Å². The maximum atomic E-state index is 12.3. The maximum Gasteiger partial charge on any atom is 0.434 e. The van der Waals surface area contributed by atoms with E-state index in [4.69, 9.17) is 14.2 Å². The normalized spacial score (nSPS) is 10.6. The highest BCUT2D eigenvalue weighted by Gasteiger charge is 2.18. The summed E-state index contributed by atoms with van der Waals surface area (Å²) in [6.07, 6.45) is 2.52. The second-order valence-corrected chi connectivity index (χ2v) is 4.91. The molecule has 138 valence electrons. The lowest BCUT2D eigenvalue weighted by Gasteiger charge is -2.13. The van der Waals surface area contributed by atoms with Gasteiger partial charge in [0, 0.05) is 5.56 Å². The largest absolute Gasteiger partial charge is 0.493 e. The van der Waals surface area contributed by atoms with Crippen molar-refractivity contribution in [3.05, 3.63) is 39.7 Å². The first-order chi connectivity index (χ1) is 12.4. The number of imidazole rings is 1. The van der Waals surface area contributed by atoms with Crippen LogP contribution in [0.25, 0.3) is 0 Å². The molecule has 0 atom stereocenters. The van der Waals surface area contributed by atoms with E-state index in [0.717, 1.165) is 0 Å². The smallest absolute Gasteiger partial charge is 0.434 e. The van der Waals surface area contributed by atoms with Crippen LogP contribution >= 0.6 is 0 Å². The first kappa shape index (κ1) is 18.7. The van der Waals surface area contributed by atoms with Gasteiger partial charge >= 0.3 is 5.95 Å². The number of nitrogens with one attached hydrogen (secondary N) is 1. The van der Waals surface area contributed by atoms with Crippen LogP contribution in [0, 0.1) is 10.1 Å². The number of carbonyl (C=O) groups is 1. The highest BCUT2D eigenvalue weighted by atomic mass is 16.6. The summed E-state index contributed by atoms with van der Waals surface area (Å²) in [5.74, 6) is 0.142. The highest BCUT2D eigenvalue weighted by Crippen LogP contribution is 2.38. The third-order valence-electron chi connectivity index (χ3n) is 3.45. The van der Waals surface area contributed by atoms with E-state index in [9.17, 15) is 14.9 Å². The summed E-state index contributed by atoms with van der Waals surface area (Å²) in [5.41, 5.74) is 2.90. The van der Waals surface area contributed by atoms with Crippen molar-refractivity contribution in [2.75, 3.05) is 21.3 Å². The predicted octanol–water partition coefficient (Wildman–Crippen LogP) is 1.12. The molecule has 1 amide bonds. The minimum Gasteiger partial charge on any atom is -0.493 e. The summed E-state index contributed by atoms with van der Waals surface area (Å²) in [4.78, 5) is 26.0. The zero-order chi connectivity index (χ0) is 19.3. The maximum absolute atomic E-state index is 12.3. The van der Waals surface area contributed by atoms with Gasteiger partial charge in [0.15, 0.2) is 17.2 Å². The molecule has 11 heteroatoms. The van der Waals surface area contributed by atoms with Crippen LogP contribution in [-0.4, -0.2) is 47.9 Å². The lowest BCUT2D eigenvalue weighted by atomic mass is 10.1. The van der Waals surface area contributed by atoms with Crippen molar-refractivity contribution < 1.29 is 23.9 Å². The lowest BCUT2D eigenvalue weighted by Crippen LogP contribution is -2.18. The number of nitro groups is 1. The molecule has 1 N–H and O–H groups in total. The van der Waals surface area contributed by atoms with Crippen molar-refractivity contribution in [3.63, 3.8) is 0 Å². The Morgan fingerprint density at radius 2 is 1.88 bits per heavy atom. The SMILES string of the molecule is COc1cc(C(=O)N/N=C\c2cnc([N+](=O)[O-])n2C)cc(OC)c1OC. The molecule has 0 aliphatic rings. The Balaban J connectivity index is 2.19. The molecule has 1 aromatic carbocycles. The molecular formula is C15H17N5O6. The number of hydrogen-bond donors (Lipinski definition) is 1. The average molecular weight is 363 g/mol. The zero-order valence-corrected chi connectivity index (χ0v) is 14.5. The molecule has 0 bridgehead atoms. The average Bonchev–Trinajstić information content (AvgIpc) is 3.01. The second kappa shape index (κ2) is 7.96. The van der Waals surface area contributed by atoms with Crippen molar-refractivity contribution in [2.45, 2.75) is 0 Å². The van der Waals surface area contributed by atoms with Gasteiger partial charge in [-0.1, -0.05) is 4.98 Å². The second-order valence-electron chi connectivity index (χ2n) is 4.91. The standard InChI is InChI=1S/C15H17N5O6/c1-19-10(7-16-15(19)20(22)23)8-17-18-14(21)9-5-11(24-2)13(26-4)12(6-9)25-3/h5-8H,1-4H3,(H,18,21)/b17-8-. The van der Waals surface area contributed by atoms with E-state index in [0.29, 0.717) is 22.9 Å². The van der Waals surface area contributed by atoms with Crippen molar-refractivity contribution in [1.82, 2.24) is 15.0 Å². The molecule has 0 saturated heterocycles. The molecule has 0 unspecified atom stereocenters. The first-order valence-electron chi connectivity index (χ1n) is 7.22. The Hall–Kier alpha value is -3.63. The van der Waals surface area contributed by atoms with E-state index in [-0.39, 0.29) is 11.5 Å². The zero-order valence-electron chi connectivity index (χ0n) is 14.5. The minimum absolute atomic E-state index is 0.229. The van der Waals surface area contributed by atoms with Crippen LogP contribution in [0.3, 0.4) is 0 Å². The number of methoxy groups -OCH3 is 3. The number of hydrogen-bond acceptors (Lipinski definition) is 8. The summed E-state index contributed by atoms with van der Waals surface area (Å²) in [5, 5.41) is 14.5. The summed E-state index contributed by atoms with van der Waals surface area (Å²) >= 11 is 0. The summed E-state index contributed by atoms with van der Waals surface area (Å²) in [6, 6.07) is 2.95. The fourth-order valence-electron chi connectivity index (χ4n) is 2.14. The number of rotatable bonds is 7. The van der Waals surface area contributed by atoms with Gasteiger partial charge < -0.3 is 24.3 Å². The van der Waals surface area contributed by atoms with Crippen LogP contribution in [0.2, 0.25) is 0 Å². The number of carbonyl (C=O) groups excluding carboxylic acids is 1. The van der Waals surface area contributed by atoms with Gasteiger partial charge in [0.2, 0.25) is 5.75 Å². The molecule has 0 aliphatic carbocycles. The molecule has 1 aromatic heterocycles. The van der Waals surface area contributed by atoms with Gasteiger partial charge in [0.05, 0.1) is 34.6 Å². The van der Waals surface area contributed by atoms with Crippen LogP contribution in [0.5, 0.6) is 17.2 Å². The first-order valence-corrected chi connectivity index (χ1v) is 7.22. The Morgan fingerprint density at radius 3 is 2.35 bits per heavy atom. The Bertz CT molecular complexity index is 835. The van der Waals surface area contributed by atoms with Crippen molar-refractivity contribution in [3.8, 4) is 17.2 Å².